The second kappa shape index (κ2) is 15.5. The molecule has 0 saturated heterocycles. The molecule has 64 heavy (non-hydrogen) atoms. The molecule has 0 radical (unpaired) electrons. The molecular weight excluding hydrogens is 811 g/mol. The number of fused-ring (bicyclic) bond motifs is 6. The number of anilines is 3. The normalized spacial score (nSPS) is 13.1. The molecule has 3 aromatic heterocycles. The van der Waals surface area contributed by atoms with Gasteiger partial charge >= 0.3 is 0 Å². The van der Waals surface area contributed by atoms with Gasteiger partial charge in [0.15, 0.2) is 16.1 Å². The molecule has 6 heteroatoms. The van der Waals surface area contributed by atoms with Crippen LogP contribution in [0.2, 0.25) is 0 Å². The Kier molecular flexibility index (Phi) is 9.14. The Balaban J connectivity index is 1.34. The zero-order valence-corrected chi connectivity index (χ0v) is 36.9. The second-order valence-electron chi connectivity index (χ2n) is 16.4. The third kappa shape index (κ3) is 5.66. The molecule has 1 aliphatic heterocycles. The maximum atomic E-state index is 7.54. The Morgan fingerprint density at radius 1 is 0.453 bits per heavy atom. The van der Waals surface area contributed by atoms with E-state index in [1.165, 1.54) is 41.5 Å². The van der Waals surface area contributed by atoms with Gasteiger partial charge < -0.3 is 4.42 Å². The standard InChI is InChI=1S/C58H41N3OSi2/c1-5-23-43(24-6-1)63(44-25-7-2-8-26-44,47-31-21-22-42(40-47)49-33-17-19-38-59-49)54-41-51-58(56-48-32-13-15-35-52(48)62-57(54)56)64(45-27-9-3-10-28-45,46-29-11-4-12-30-46)53-36-16-14-34-50(53)61(51)55-37-18-20-39-60-55/h1-41H. The van der Waals surface area contributed by atoms with Gasteiger partial charge in [-0.3, -0.25) is 9.88 Å². The summed E-state index contributed by atoms with van der Waals surface area (Å²) in [6.07, 6.45) is 3.79. The van der Waals surface area contributed by atoms with Gasteiger partial charge in [0.2, 0.25) is 0 Å². The van der Waals surface area contributed by atoms with Crippen molar-refractivity contribution in [2.45, 2.75) is 0 Å². The Morgan fingerprint density at radius 2 is 1.03 bits per heavy atom. The van der Waals surface area contributed by atoms with Crippen LogP contribution >= 0.6 is 0 Å². The van der Waals surface area contributed by atoms with Gasteiger partial charge in [0.25, 0.3) is 0 Å². The van der Waals surface area contributed by atoms with E-state index in [4.69, 9.17) is 14.4 Å². The van der Waals surface area contributed by atoms with Crippen molar-refractivity contribution in [3.63, 3.8) is 0 Å². The Morgan fingerprint density at radius 3 is 1.69 bits per heavy atom. The number of nitrogens with zero attached hydrogens (tertiary/aromatic N) is 3. The molecular formula is C58H41N3OSi2. The summed E-state index contributed by atoms with van der Waals surface area (Å²) in [5.74, 6) is 0.863. The van der Waals surface area contributed by atoms with Crippen LogP contribution in [-0.4, -0.2) is 26.1 Å². The molecule has 0 saturated carbocycles. The maximum Gasteiger partial charge on any atom is 0.185 e. The lowest BCUT2D eigenvalue weighted by Gasteiger charge is -2.46. The highest BCUT2D eigenvalue weighted by Crippen LogP contribution is 2.42. The number of pyridine rings is 2. The van der Waals surface area contributed by atoms with Gasteiger partial charge in [0, 0.05) is 40.1 Å². The fourth-order valence-corrected chi connectivity index (χ4v) is 20.8. The van der Waals surface area contributed by atoms with Crippen LogP contribution < -0.4 is 46.4 Å². The van der Waals surface area contributed by atoms with Crippen LogP contribution in [0.25, 0.3) is 33.2 Å². The van der Waals surface area contributed by atoms with Crippen LogP contribution in [0.5, 0.6) is 0 Å². The van der Waals surface area contributed by atoms with Crippen molar-refractivity contribution in [3.8, 4) is 11.3 Å². The summed E-state index contributed by atoms with van der Waals surface area (Å²) in [5.41, 5.74) is 6.05. The van der Waals surface area contributed by atoms with Gasteiger partial charge in [-0.15, -0.1) is 0 Å². The highest BCUT2D eigenvalue weighted by atomic mass is 28.3. The molecule has 4 nitrogen and oxygen atoms in total. The minimum atomic E-state index is -3.33. The molecule has 0 unspecified atom stereocenters. The van der Waals surface area contributed by atoms with E-state index in [9.17, 15) is 0 Å². The first-order valence-corrected chi connectivity index (χ1v) is 25.8. The minimum Gasteiger partial charge on any atom is -0.456 e. The van der Waals surface area contributed by atoms with E-state index in [0.29, 0.717) is 0 Å². The fourth-order valence-electron chi connectivity index (χ4n) is 10.6. The van der Waals surface area contributed by atoms with Gasteiger partial charge in [-0.25, -0.2) is 4.98 Å². The second-order valence-corrected chi connectivity index (χ2v) is 23.9. The molecule has 0 amide bonds. The smallest absolute Gasteiger partial charge is 0.185 e. The minimum absolute atomic E-state index is 0.863. The predicted molar refractivity (Wildman–Crippen MR) is 270 cm³/mol. The van der Waals surface area contributed by atoms with E-state index in [1.54, 1.807) is 0 Å². The van der Waals surface area contributed by atoms with Crippen molar-refractivity contribution in [2.24, 2.45) is 0 Å². The van der Waals surface area contributed by atoms with Crippen LogP contribution in [0.3, 0.4) is 0 Å². The summed E-state index contributed by atoms with van der Waals surface area (Å²) in [6.45, 7) is 0. The van der Waals surface area contributed by atoms with Crippen LogP contribution in [-0.2, 0) is 0 Å². The average Bonchev–Trinajstić information content (AvgIpc) is 3.77. The lowest BCUT2D eigenvalue weighted by molar-refractivity contribution is 0.671. The van der Waals surface area contributed by atoms with Crippen molar-refractivity contribution >= 4 is 96.8 Å². The molecule has 0 fully saturated rings. The van der Waals surface area contributed by atoms with E-state index in [1.807, 2.05) is 24.5 Å². The molecule has 0 N–H and O–H groups in total. The molecule has 0 aliphatic carbocycles. The molecule has 1 aliphatic rings. The topological polar surface area (TPSA) is 42.2 Å². The Hall–Kier alpha value is -7.91. The van der Waals surface area contributed by atoms with Crippen molar-refractivity contribution in [1.29, 1.82) is 0 Å². The Labute approximate surface area is 374 Å². The summed E-state index contributed by atoms with van der Waals surface area (Å²) in [7, 11) is -6.52. The van der Waals surface area contributed by atoms with Crippen molar-refractivity contribution in [1.82, 2.24) is 9.97 Å². The van der Waals surface area contributed by atoms with Crippen LogP contribution in [0, 0.1) is 0 Å². The number of aromatic nitrogens is 2. The van der Waals surface area contributed by atoms with Crippen molar-refractivity contribution in [2.75, 3.05) is 4.90 Å². The van der Waals surface area contributed by atoms with Gasteiger partial charge in [-0.1, -0.05) is 194 Å². The first-order chi connectivity index (χ1) is 31.8. The van der Waals surface area contributed by atoms with Crippen molar-refractivity contribution in [3.05, 3.63) is 249 Å². The van der Waals surface area contributed by atoms with Gasteiger partial charge in [-0.05, 0) is 84.0 Å². The molecule has 4 heterocycles. The fraction of sp³-hybridized carbons (Fsp3) is 0. The third-order valence-corrected chi connectivity index (χ3v) is 22.8. The first kappa shape index (κ1) is 37.8. The lowest BCUT2D eigenvalue weighted by Crippen LogP contribution is -2.78. The molecule has 302 valence electrons. The zero-order valence-electron chi connectivity index (χ0n) is 34.9. The summed E-state index contributed by atoms with van der Waals surface area (Å²) >= 11 is 0. The number of rotatable bonds is 8. The van der Waals surface area contributed by atoms with E-state index in [2.05, 4.69) is 229 Å². The number of hydrogen-bond donors (Lipinski definition) is 0. The van der Waals surface area contributed by atoms with Crippen LogP contribution in [0.1, 0.15) is 0 Å². The largest absolute Gasteiger partial charge is 0.456 e. The molecule has 11 aromatic rings. The molecule has 0 atom stereocenters. The van der Waals surface area contributed by atoms with E-state index in [-0.39, 0.29) is 0 Å². The monoisotopic (exact) mass is 851 g/mol. The summed E-state index contributed by atoms with van der Waals surface area (Å²) in [4.78, 5) is 12.4. The predicted octanol–water partition coefficient (Wildman–Crippen LogP) is 8.58. The van der Waals surface area contributed by atoms with Crippen LogP contribution in [0.4, 0.5) is 17.2 Å². The third-order valence-electron chi connectivity index (χ3n) is 13.2. The lowest BCUT2D eigenvalue weighted by atomic mass is 10.1. The highest BCUT2D eigenvalue weighted by Gasteiger charge is 2.53. The zero-order chi connectivity index (χ0) is 42.5. The van der Waals surface area contributed by atoms with Gasteiger partial charge in [0.1, 0.15) is 17.0 Å². The molecule has 0 spiro atoms. The van der Waals surface area contributed by atoms with Crippen LogP contribution in [0.15, 0.2) is 253 Å². The number of furan rings is 1. The van der Waals surface area contributed by atoms with Gasteiger partial charge in [-0.2, -0.15) is 0 Å². The number of para-hydroxylation sites is 2. The van der Waals surface area contributed by atoms with Gasteiger partial charge in [0.05, 0.1) is 5.69 Å². The quantitative estimate of drug-likeness (QED) is 0.114. The first-order valence-electron chi connectivity index (χ1n) is 21.8. The van der Waals surface area contributed by atoms with E-state index in [0.717, 1.165) is 50.4 Å². The SMILES string of the molecule is c1ccc([Si](c2ccccc2)(c2cccc(-c3ccccn3)c2)c2cc3c(c4c2oc2ccccc24)[Si](c2ccccc2)(c2ccccc2)c2ccccc2N3c2ccccn2)cc1. The highest BCUT2D eigenvalue weighted by molar-refractivity contribution is 7.23. The summed E-state index contributed by atoms with van der Waals surface area (Å²) < 4.78 is 7.54. The maximum absolute atomic E-state index is 7.54. The van der Waals surface area contributed by atoms with Crippen molar-refractivity contribution < 1.29 is 4.42 Å². The molecule has 8 aromatic carbocycles. The number of benzene rings is 8. The molecule has 12 rings (SSSR count). The Bertz CT molecular complexity index is 3360. The number of hydrogen-bond acceptors (Lipinski definition) is 4. The van der Waals surface area contributed by atoms with E-state index < -0.39 is 16.1 Å². The molecule has 0 bridgehead atoms. The summed E-state index contributed by atoms with van der Waals surface area (Å²) in [5, 5.41) is 12.4. The average molecular weight is 852 g/mol. The van der Waals surface area contributed by atoms with E-state index >= 15 is 0 Å². The summed E-state index contributed by atoms with van der Waals surface area (Å²) in [6, 6.07) is 86.6.